The molecule has 0 spiro atoms. The molecule has 0 saturated heterocycles. The second-order valence-electron chi connectivity index (χ2n) is 7.71. The van der Waals surface area contributed by atoms with Crippen molar-refractivity contribution in [1.82, 2.24) is 10.3 Å². The Morgan fingerprint density at radius 2 is 1.89 bits per heavy atom. The van der Waals surface area contributed by atoms with E-state index in [0.717, 1.165) is 27.8 Å². The highest BCUT2D eigenvalue weighted by molar-refractivity contribution is 7.14. The van der Waals surface area contributed by atoms with Crippen molar-refractivity contribution in [1.29, 1.82) is 0 Å². The van der Waals surface area contributed by atoms with Crippen molar-refractivity contribution in [2.75, 3.05) is 26.6 Å². The zero-order valence-corrected chi connectivity index (χ0v) is 20.6. The number of nitrogens with zero attached hydrogens (tertiary/aromatic N) is 1. The van der Waals surface area contributed by atoms with Crippen LogP contribution in [0.5, 0.6) is 11.5 Å². The summed E-state index contributed by atoms with van der Waals surface area (Å²) in [5.41, 5.74) is 4.50. The molecule has 0 aliphatic rings. The van der Waals surface area contributed by atoms with Gasteiger partial charge in [-0.25, -0.2) is 4.98 Å². The molecular weight excluding hydrogens is 466 g/mol. The number of likely N-dealkylation sites (N-methyl/N-ethyl adjacent to an activating group) is 1. The van der Waals surface area contributed by atoms with Crippen molar-refractivity contribution < 1.29 is 23.5 Å². The van der Waals surface area contributed by atoms with Gasteiger partial charge in [0.15, 0.2) is 5.13 Å². The Morgan fingerprint density at radius 1 is 1.11 bits per heavy atom. The van der Waals surface area contributed by atoms with Crippen LogP contribution in [0.3, 0.4) is 0 Å². The predicted molar refractivity (Wildman–Crippen MR) is 137 cm³/mol. The van der Waals surface area contributed by atoms with Crippen LogP contribution < -0.4 is 20.1 Å². The van der Waals surface area contributed by atoms with Crippen molar-refractivity contribution in [3.63, 3.8) is 0 Å². The summed E-state index contributed by atoms with van der Waals surface area (Å²) in [6, 6.07) is 11.5. The van der Waals surface area contributed by atoms with E-state index in [0.29, 0.717) is 27.7 Å². The number of rotatable bonds is 8. The number of ether oxygens (including phenoxy) is 2. The van der Waals surface area contributed by atoms with Gasteiger partial charge in [-0.05, 0) is 24.6 Å². The van der Waals surface area contributed by atoms with Gasteiger partial charge in [0, 0.05) is 46.6 Å². The summed E-state index contributed by atoms with van der Waals surface area (Å²) in [7, 11) is 4.77. The number of fused-ring (bicyclic) bond motifs is 1. The number of aromatic nitrogens is 1. The van der Waals surface area contributed by atoms with E-state index in [1.807, 2.05) is 43.3 Å². The number of benzene rings is 2. The lowest BCUT2D eigenvalue weighted by Crippen LogP contribution is -2.20. The van der Waals surface area contributed by atoms with Crippen LogP contribution in [0.25, 0.3) is 27.7 Å². The van der Waals surface area contributed by atoms with Gasteiger partial charge >= 0.3 is 0 Å². The Hall–Kier alpha value is -4.11. The zero-order chi connectivity index (χ0) is 24.9. The molecule has 0 bridgehead atoms. The summed E-state index contributed by atoms with van der Waals surface area (Å²) in [4.78, 5) is 28.5. The van der Waals surface area contributed by atoms with Crippen LogP contribution in [0.15, 0.2) is 58.5 Å². The van der Waals surface area contributed by atoms with E-state index in [1.54, 1.807) is 32.9 Å². The van der Waals surface area contributed by atoms with Gasteiger partial charge in [0.05, 0.1) is 32.6 Å². The number of thiazole rings is 1. The number of para-hydroxylation sites is 1. The monoisotopic (exact) mass is 491 g/mol. The molecule has 2 aromatic heterocycles. The van der Waals surface area contributed by atoms with Crippen molar-refractivity contribution >= 4 is 44.8 Å². The summed E-state index contributed by atoms with van der Waals surface area (Å²) < 4.78 is 16.9. The van der Waals surface area contributed by atoms with E-state index in [-0.39, 0.29) is 18.2 Å². The lowest BCUT2D eigenvalue weighted by atomic mass is 9.99. The minimum Gasteiger partial charge on any atom is -0.496 e. The number of anilines is 1. The topological polar surface area (TPSA) is 103 Å². The molecule has 8 nitrogen and oxygen atoms in total. The highest BCUT2D eigenvalue weighted by Gasteiger charge is 2.17. The van der Waals surface area contributed by atoms with E-state index in [1.165, 1.54) is 17.4 Å². The molecule has 9 heteroatoms. The van der Waals surface area contributed by atoms with Gasteiger partial charge in [-0.15, -0.1) is 11.3 Å². The molecule has 2 aromatic carbocycles. The minimum absolute atomic E-state index is 0.141. The molecule has 0 atom stereocenters. The summed E-state index contributed by atoms with van der Waals surface area (Å²) in [6.07, 6.45) is 3.34. The average Bonchev–Trinajstić information content (AvgIpc) is 3.48. The second kappa shape index (κ2) is 10.4. The fraction of sp³-hybridized carbons (Fsp3) is 0.192. The van der Waals surface area contributed by atoms with Gasteiger partial charge in [-0.3, -0.25) is 14.9 Å². The third-order valence-corrected chi connectivity index (χ3v) is 6.27. The summed E-state index contributed by atoms with van der Waals surface area (Å²) in [5, 5.41) is 8.36. The van der Waals surface area contributed by atoms with E-state index in [9.17, 15) is 9.59 Å². The number of carbonyl (C=O) groups excluding carboxylic acids is 2. The Balaban J connectivity index is 1.64. The van der Waals surface area contributed by atoms with Gasteiger partial charge in [0.25, 0.3) is 0 Å². The number of carbonyl (C=O) groups is 2. The number of nitrogens with one attached hydrogen (secondary N) is 2. The Labute approximate surface area is 206 Å². The van der Waals surface area contributed by atoms with Crippen molar-refractivity contribution in [2.24, 2.45) is 0 Å². The first-order valence-corrected chi connectivity index (χ1v) is 11.7. The summed E-state index contributed by atoms with van der Waals surface area (Å²) >= 11 is 1.27. The molecule has 180 valence electrons. The molecular formula is C26H25N3O5S. The minimum atomic E-state index is -0.331. The number of amides is 2. The van der Waals surface area contributed by atoms with Crippen molar-refractivity contribution in [3.05, 3.63) is 65.4 Å². The largest absolute Gasteiger partial charge is 0.496 e. The molecule has 0 saturated carbocycles. The maximum atomic E-state index is 12.7. The normalized spacial score (nSPS) is 11.4. The standard InChI is InChI=1S/C26H25N3O5S/c1-15(9-25(31)29-26-28-16(14-35-26)10-24(30)27-2)18-11-19-20(13-34-23(19)12-22(18)33-4)17-7-5-6-8-21(17)32-3/h5-9,11-14H,10H2,1-4H3,(H,27,30)(H,28,29,31)/b15-9+. The lowest BCUT2D eigenvalue weighted by molar-refractivity contribution is -0.120. The molecule has 35 heavy (non-hydrogen) atoms. The third kappa shape index (κ3) is 5.20. The molecule has 0 aliphatic heterocycles. The fourth-order valence-corrected chi connectivity index (χ4v) is 4.44. The van der Waals surface area contributed by atoms with Crippen LogP contribution in [0.4, 0.5) is 5.13 Å². The molecule has 0 radical (unpaired) electrons. The van der Waals surface area contributed by atoms with E-state index in [4.69, 9.17) is 13.9 Å². The van der Waals surface area contributed by atoms with Crippen LogP contribution in [-0.4, -0.2) is 38.1 Å². The van der Waals surface area contributed by atoms with Crippen LogP contribution in [-0.2, 0) is 16.0 Å². The van der Waals surface area contributed by atoms with Crippen LogP contribution >= 0.6 is 11.3 Å². The molecule has 4 aromatic rings. The van der Waals surface area contributed by atoms with Gasteiger partial charge in [-0.1, -0.05) is 18.2 Å². The molecule has 0 fully saturated rings. The average molecular weight is 492 g/mol. The van der Waals surface area contributed by atoms with Gasteiger partial charge in [0.2, 0.25) is 11.8 Å². The third-order valence-electron chi connectivity index (χ3n) is 5.47. The highest BCUT2D eigenvalue weighted by Crippen LogP contribution is 2.40. The van der Waals surface area contributed by atoms with Crippen molar-refractivity contribution in [2.45, 2.75) is 13.3 Å². The van der Waals surface area contributed by atoms with Crippen molar-refractivity contribution in [3.8, 4) is 22.6 Å². The molecule has 2 amide bonds. The molecule has 0 aliphatic carbocycles. The first kappa shape index (κ1) is 24.0. The first-order valence-electron chi connectivity index (χ1n) is 10.8. The predicted octanol–water partition coefficient (Wildman–Crippen LogP) is 4.90. The first-order chi connectivity index (χ1) is 16.9. The van der Waals surface area contributed by atoms with Crippen LogP contribution in [0.1, 0.15) is 18.2 Å². The maximum absolute atomic E-state index is 12.7. The Kier molecular flexibility index (Phi) is 7.17. The number of hydrogen-bond donors (Lipinski definition) is 2. The second-order valence-corrected chi connectivity index (χ2v) is 8.57. The Morgan fingerprint density at radius 3 is 2.63 bits per heavy atom. The lowest BCUT2D eigenvalue weighted by Gasteiger charge is -2.11. The molecule has 2 N–H and O–H groups in total. The quantitative estimate of drug-likeness (QED) is 0.340. The molecule has 2 heterocycles. The van der Waals surface area contributed by atoms with Crippen LogP contribution in [0.2, 0.25) is 0 Å². The van der Waals surface area contributed by atoms with E-state index >= 15 is 0 Å². The molecule has 0 unspecified atom stereocenters. The smallest absolute Gasteiger partial charge is 0.250 e. The van der Waals surface area contributed by atoms with E-state index in [2.05, 4.69) is 15.6 Å². The van der Waals surface area contributed by atoms with Gasteiger partial charge in [0.1, 0.15) is 17.1 Å². The molecule has 4 rings (SSSR count). The number of hydrogen-bond acceptors (Lipinski definition) is 7. The van der Waals surface area contributed by atoms with Gasteiger partial charge in [-0.2, -0.15) is 0 Å². The highest BCUT2D eigenvalue weighted by atomic mass is 32.1. The zero-order valence-electron chi connectivity index (χ0n) is 19.8. The number of methoxy groups -OCH3 is 2. The maximum Gasteiger partial charge on any atom is 0.250 e. The van der Waals surface area contributed by atoms with E-state index < -0.39 is 0 Å². The van der Waals surface area contributed by atoms with Gasteiger partial charge < -0.3 is 19.2 Å². The number of furan rings is 1. The number of allylic oxidation sites excluding steroid dienone is 1. The summed E-state index contributed by atoms with van der Waals surface area (Å²) in [6.45, 7) is 1.84. The Bertz CT molecular complexity index is 1420. The SMILES string of the molecule is CNC(=O)Cc1csc(NC(=O)/C=C(\C)c2cc3c(-c4ccccc4OC)coc3cc2OC)n1. The van der Waals surface area contributed by atoms with Crippen LogP contribution in [0, 0.1) is 0 Å². The summed E-state index contributed by atoms with van der Waals surface area (Å²) in [5.74, 6) is 0.848. The fourth-order valence-electron chi connectivity index (χ4n) is 3.72.